The van der Waals surface area contributed by atoms with Crippen LogP contribution in [-0.2, 0) is 0 Å². The van der Waals surface area contributed by atoms with Crippen molar-refractivity contribution in [2.24, 2.45) is 0 Å². The number of fused-ring (bicyclic) bond motifs is 1. The number of aromatic amines is 3. The van der Waals surface area contributed by atoms with Gasteiger partial charge >= 0.3 is 5.69 Å². The van der Waals surface area contributed by atoms with Crippen LogP contribution in [0, 0.1) is 0 Å². The van der Waals surface area contributed by atoms with E-state index in [0.29, 0.717) is 5.52 Å². The predicted molar refractivity (Wildman–Crippen MR) is 69.0 cm³/mol. The molecular weight excluding hydrogens is 262 g/mol. The molecule has 3 rings (SSSR count). The Kier molecular flexibility index (Phi) is 2.78. The molecule has 0 bridgehead atoms. The average molecular weight is 273 g/mol. The van der Waals surface area contributed by atoms with Crippen molar-refractivity contribution >= 4 is 16.9 Å². The number of amides is 1. The highest BCUT2D eigenvalue weighted by atomic mass is 16.2. The lowest BCUT2D eigenvalue weighted by molar-refractivity contribution is 0.0929. The molecule has 102 valence electrons. The van der Waals surface area contributed by atoms with E-state index in [1.807, 2.05) is 13.0 Å². The lowest BCUT2D eigenvalue weighted by Gasteiger charge is -2.12. The molecule has 0 fully saturated rings. The molecule has 1 aromatic carbocycles. The number of tetrazole rings is 1. The van der Waals surface area contributed by atoms with E-state index in [4.69, 9.17) is 0 Å². The van der Waals surface area contributed by atoms with E-state index < -0.39 is 5.91 Å². The van der Waals surface area contributed by atoms with Crippen molar-refractivity contribution in [2.75, 3.05) is 0 Å². The van der Waals surface area contributed by atoms with E-state index in [1.165, 1.54) is 0 Å². The van der Waals surface area contributed by atoms with Crippen molar-refractivity contribution in [1.29, 1.82) is 0 Å². The first-order valence-electron chi connectivity index (χ1n) is 5.90. The van der Waals surface area contributed by atoms with Crippen LogP contribution >= 0.6 is 0 Å². The van der Waals surface area contributed by atoms with Gasteiger partial charge in [0.05, 0.1) is 17.1 Å². The summed E-state index contributed by atoms with van der Waals surface area (Å²) in [5.41, 5.74) is 1.99. The molecule has 0 saturated carbocycles. The molecular formula is C11H11N7O2. The Morgan fingerprint density at radius 2 is 2.10 bits per heavy atom. The monoisotopic (exact) mass is 273 g/mol. The minimum Gasteiger partial charge on any atom is -0.343 e. The molecule has 9 heteroatoms. The molecule has 4 N–H and O–H groups in total. The zero-order valence-corrected chi connectivity index (χ0v) is 10.5. The average Bonchev–Trinajstić information content (AvgIpc) is 3.05. The van der Waals surface area contributed by atoms with Crippen LogP contribution in [0.15, 0.2) is 23.0 Å². The topological polar surface area (TPSA) is 132 Å². The Balaban J connectivity index is 1.83. The first-order valence-corrected chi connectivity index (χ1v) is 5.90. The maximum atomic E-state index is 11.8. The van der Waals surface area contributed by atoms with Crippen LogP contribution < -0.4 is 11.0 Å². The predicted octanol–water partition coefficient (Wildman–Crippen LogP) is -0.140. The second-order valence-electron chi connectivity index (χ2n) is 4.31. The second-order valence-corrected chi connectivity index (χ2v) is 4.31. The van der Waals surface area contributed by atoms with E-state index in [1.54, 1.807) is 12.1 Å². The Labute approximate surface area is 111 Å². The third-order valence-electron chi connectivity index (χ3n) is 2.94. The zero-order chi connectivity index (χ0) is 14.1. The summed E-state index contributed by atoms with van der Waals surface area (Å²) in [6.07, 6.45) is 0. The van der Waals surface area contributed by atoms with E-state index >= 15 is 0 Å². The molecule has 0 saturated heterocycles. The number of H-pyrrole nitrogens is 3. The van der Waals surface area contributed by atoms with E-state index in [9.17, 15) is 9.59 Å². The fraction of sp³-hybridized carbons (Fsp3) is 0.182. The largest absolute Gasteiger partial charge is 0.343 e. The minimum atomic E-state index is -0.422. The molecule has 9 nitrogen and oxygen atoms in total. The van der Waals surface area contributed by atoms with Crippen molar-refractivity contribution in [3.05, 3.63) is 40.1 Å². The van der Waals surface area contributed by atoms with Crippen LogP contribution in [0.4, 0.5) is 0 Å². The summed E-state index contributed by atoms with van der Waals surface area (Å²) < 4.78 is 0. The third-order valence-corrected chi connectivity index (χ3v) is 2.94. The molecule has 2 aromatic heterocycles. The molecule has 3 aromatic rings. The number of carbonyl (C=O) groups is 1. The van der Waals surface area contributed by atoms with Crippen LogP contribution in [-0.4, -0.2) is 36.5 Å². The van der Waals surface area contributed by atoms with Crippen molar-refractivity contribution < 1.29 is 4.79 Å². The van der Waals surface area contributed by atoms with Crippen LogP contribution in [0.3, 0.4) is 0 Å². The Morgan fingerprint density at radius 1 is 1.30 bits per heavy atom. The lowest BCUT2D eigenvalue weighted by Crippen LogP contribution is -2.27. The van der Waals surface area contributed by atoms with Gasteiger partial charge < -0.3 is 15.3 Å². The number of nitrogens with zero attached hydrogens (tertiary/aromatic N) is 3. The van der Waals surface area contributed by atoms with Gasteiger partial charge in [0.1, 0.15) is 0 Å². The summed E-state index contributed by atoms with van der Waals surface area (Å²) in [6, 6.07) is 5.14. The highest BCUT2D eigenvalue weighted by molar-refractivity contribution is 5.90. The van der Waals surface area contributed by atoms with Crippen molar-refractivity contribution in [3.63, 3.8) is 0 Å². The minimum absolute atomic E-state index is 0.0204. The number of carbonyl (C=O) groups excluding carboxylic acids is 1. The molecule has 1 atom stereocenters. The SMILES string of the molecule is CC(NC(=O)c1nn[nH]n1)c1ccc2[nH]c(=O)[nH]c2c1. The van der Waals surface area contributed by atoms with Crippen molar-refractivity contribution in [2.45, 2.75) is 13.0 Å². The number of imidazole rings is 1. The number of hydrogen-bond donors (Lipinski definition) is 4. The normalized spacial score (nSPS) is 12.4. The fourth-order valence-electron chi connectivity index (χ4n) is 1.92. The summed E-state index contributed by atoms with van der Waals surface area (Å²) in [7, 11) is 0. The summed E-state index contributed by atoms with van der Waals surface area (Å²) in [5, 5.41) is 15.5. The van der Waals surface area contributed by atoms with Gasteiger partial charge in [0.2, 0.25) is 0 Å². The van der Waals surface area contributed by atoms with Crippen LogP contribution in [0.25, 0.3) is 11.0 Å². The summed E-state index contributed by atoms with van der Waals surface area (Å²) in [5.74, 6) is -0.443. The van der Waals surface area contributed by atoms with Gasteiger partial charge in [-0.05, 0) is 29.8 Å². The van der Waals surface area contributed by atoms with E-state index in [-0.39, 0.29) is 17.6 Å². The summed E-state index contributed by atoms with van der Waals surface area (Å²) in [4.78, 5) is 28.3. The van der Waals surface area contributed by atoms with Crippen LogP contribution in [0.1, 0.15) is 29.1 Å². The molecule has 0 aliphatic rings. The highest BCUT2D eigenvalue weighted by Gasteiger charge is 2.15. The first kappa shape index (κ1) is 12.1. The molecule has 20 heavy (non-hydrogen) atoms. The molecule has 1 unspecified atom stereocenters. The Morgan fingerprint density at radius 3 is 2.85 bits per heavy atom. The highest BCUT2D eigenvalue weighted by Crippen LogP contribution is 2.17. The second kappa shape index (κ2) is 4.61. The van der Waals surface area contributed by atoms with E-state index in [0.717, 1.165) is 11.1 Å². The summed E-state index contributed by atoms with van der Waals surface area (Å²) in [6.45, 7) is 1.82. The number of hydrogen-bond acceptors (Lipinski definition) is 5. The molecule has 2 heterocycles. The standard InChI is InChI=1S/C11H11N7O2/c1-5(12-10(19)9-15-17-18-16-9)6-2-3-7-8(4-6)14-11(20)13-7/h2-5H,1H3,(H,12,19)(H2,13,14,20)(H,15,16,17,18). The van der Waals surface area contributed by atoms with Gasteiger partial charge in [0, 0.05) is 0 Å². The first-order chi connectivity index (χ1) is 9.63. The van der Waals surface area contributed by atoms with Crippen molar-refractivity contribution in [3.8, 4) is 0 Å². The van der Waals surface area contributed by atoms with Gasteiger partial charge in [-0.25, -0.2) is 4.79 Å². The number of rotatable bonds is 3. The van der Waals surface area contributed by atoms with Crippen LogP contribution in [0.5, 0.6) is 0 Å². The molecule has 1 amide bonds. The van der Waals surface area contributed by atoms with Crippen LogP contribution in [0.2, 0.25) is 0 Å². The van der Waals surface area contributed by atoms with Gasteiger partial charge in [-0.15, -0.1) is 10.2 Å². The maximum absolute atomic E-state index is 11.8. The lowest BCUT2D eigenvalue weighted by atomic mass is 10.1. The maximum Gasteiger partial charge on any atom is 0.323 e. The molecule has 0 aliphatic carbocycles. The number of nitrogens with one attached hydrogen (secondary N) is 4. The van der Waals surface area contributed by atoms with Gasteiger partial charge in [0.15, 0.2) is 0 Å². The summed E-state index contributed by atoms with van der Waals surface area (Å²) >= 11 is 0. The van der Waals surface area contributed by atoms with Gasteiger partial charge in [0.25, 0.3) is 11.7 Å². The van der Waals surface area contributed by atoms with Gasteiger partial charge in [-0.3, -0.25) is 4.79 Å². The van der Waals surface area contributed by atoms with Crippen molar-refractivity contribution in [1.82, 2.24) is 35.9 Å². The quantitative estimate of drug-likeness (QED) is 0.527. The van der Waals surface area contributed by atoms with E-state index in [2.05, 4.69) is 35.9 Å². The molecule has 0 spiro atoms. The smallest absolute Gasteiger partial charge is 0.323 e. The number of benzene rings is 1. The molecule has 0 aliphatic heterocycles. The zero-order valence-electron chi connectivity index (χ0n) is 10.5. The Bertz CT molecular complexity index is 802. The fourth-order valence-corrected chi connectivity index (χ4v) is 1.92. The molecule has 0 radical (unpaired) electrons. The Hall–Kier alpha value is -2.97. The van der Waals surface area contributed by atoms with Gasteiger partial charge in [-0.2, -0.15) is 5.21 Å². The van der Waals surface area contributed by atoms with Gasteiger partial charge in [-0.1, -0.05) is 6.07 Å². The number of aromatic nitrogens is 6. The third kappa shape index (κ3) is 2.16.